The highest BCUT2D eigenvalue weighted by molar-refractivity contribution is 9.10. The molecule has 0 amide bonds. The summed E-state index contributed by atoms with van der Waals surface area (Å²) in [5.41, 5.74) is 3.99. The van der Waals surface area contributed by atoms with Crippen LogP contribution in [0.15, 0.2) is 56.4 Å². The van der Waals surface area contributed by atoms with Crippen LogP contribution in [0, 0.1) is 0 Å². The van der Waals surface area contributed by atoms with E-state index < -0.39 is 0 Å². The van der Waals surface area contributed by atoms with E-state index in [1.165, 1.54) is 35.9 Å². The first-order valence-electron chi connectivity index (χ1n) is 8.13. The third-order valence-electron chi connectivity index (χ3n) is 5.05. The molecule has 6 heteroatoms. The van der Waals surface area contributed by atoms with E-state index in [-0.39, 0.29) is 5.41 Å². The lowest BCUT2D eigenvalue weighted by atomic mass is 9.79. The average molecular weight is 434 g/mol. The van der Waals surface area contributed by atoms with Crippen molar-refractivity contribution in [3.05, 3.63) is 63.1 Å². The summed E-state index contributed by atoms with van der Waals surface area (Å²) in [7, 11) is 0. The van der Waals surface area contributed by atoms with Gasteiger partial charge in [0.1, 0.15) is 0 Å². The van der Waals surface area contributed by atoms with Crippen LogP contribution in [0.2, 0.25) is 5.02 Å². The second-order valence-electron chi connectivity index (χ2n) is 6.62. The molecule has 25 heavy (non-hydrogen) atoms. The molecule has 1 spiro atoms. The van der Waals surface area contributed by atoms with Gasteiger partial charge in [-0.25, -0.2) is 0 Å². The van der Waals surface area contributed by atoms with E-state index in [1.54, 1.807) is 0 Å². The molecule has 5 rings (SSSR count). The van der Waals surface area contributed by atoms with Crippen LogP contribution < -0.4 is 4.72 Å². The number of benzene rings is 2. The van der Waals surface area contributed by atoms with Crippen LogP contribution in [-0.4, -0.2) is 5.16 Å². The van der Waals surface area contributed by atoms with E-state index in [2.05, 4.69) is 44.0 Å². The lowest BCUT2D eigenvalue weighted by Gasteiger charge is -2.24. The maximum atomic E-state index is 6.24. The molecular formula is C19H14BrClN2OS. The molecule has 3 aromatic rings. The summed E-state index contributed by atoms with van der Waals surface area (Å²) in [5.74, 6) is 1.69. The van der Waals surface area contributed by atoms with Crippen molar-refractivity contribution in [2.75, 3.05) is 4.72 Å². The summed E-state index contributed by atoms with van der Waals surface area (Å²) in [6.07, 6.45) is 3.43. The highest BCUT2D eigenvalue weighted by atomic mass is 79.9. The van der Waals surface area contributed by atoms with Gasteiger partial charge in [-0.1, -0.05) is 50.9 Å². The molecule has 2 aliphatic rings. The third kappa shape index (κ3) is 2.60. The van der Waals surface area contributed by atoms with Gasteiger partial charge in [0, 0.05) is 25.9 Å². The van der Waals surface area contributed by atoms with Crippen molar-refractivity contribution in [3.63, 3.8) is 0 Å². The maximum absolute atomic E-state index is 6.24. The molecule has 3 nitrogen and oxygen atoms in total. The van der Waals surface area contributed by atoms with Gasteiger partial charge in [0.15, 0.2) is 11.6 Å². The van der Waals surface area contributed by atoms with Crippen LogP contribution in [0.4, 0.5) is 5.82 Å². The molecule has 2 aliphatic carbocycles. The van der Waals surface area contributed by atoms with Crippen molar-refractivity contribution < 1.29 is 4.52 Å². The highest BCUT2D eigenvalue weighted by Gasteiger charge is 2.50. The Hall–Kier alpha value is -1.43. The number of nitrogens with one attached hydrogen (secondary N) is 1. The Balaban J connectivity index is 1.51. The molecule has 2 aromatic carbocycles. The number of anilines is 1. The van der Waals surface area contributed by atoms with Gasteiger partial charge in [0.2, 0.25) is 0 Å². The van der Waals surface area contributed by atoms with Gasteiger partial charge in [-0.2, -0.15) is 0 Å². The molecule has 0 bridgehead atoms. The average Bonchev–Trinajstić information content (AvgIpc) is 3.26. The fourth-order valence-electron chi connectivity index (χ4n) is 3.59. The Labute approximate surface area is 163 Å². The first kappa shape index (κ1) is 15.8. The standard InChI is InChI=1S/C19H14BrClN2OS/c20-11-5-6-14-12(9-11)17-13(10-19(14)7-8-19)18(22-24-17)23-25-16-4-2-1-3-15(16)21/h1-6,9H,7-8,10H2,(H,22,23). The lowest BCUT2D eigenvalue weighted by molar-refractivity contribution is 0.432. The fourth-order valence-corrected chi connectivity index (χ4v) is 4.89. The highest BCUT2D eigenvalue weighted by Crippen LogP contribution is 2.58. The largest absolute Gasteiger partial charge is 0.354 e. The second-order valence-corrected chi connectivity index (χ2v) is 8.79. The van der Waals surface area contributed by atoms with Gasteiger partial charge in [0.25, 0.3) is 0 Å². The zero-order chi connectivity index (χ0) is 17.0. The van der Waals surface area contributed by atoms with Crippen LogP contribution in [0.1, 0.15) is 24.0 Å². The van der Waals surface area contributed by atoms with Crippen molar-refractivity contribution in [3.8, 4) is 11.3 Å². The van der Waals surface area contributed by atoms with Gasteiger partial charge in [0.05, 0.1) is 5.02 Å². The van der Waals surface area contributed by atoms with E-state index in [9.17, 15) is 0 Å². The van der Waals surface area contributed by atoms with E-state index in [4.69, 9.17) is 16.1 Å². The van der Waals surface area contributed by atoms with Crippen LogP contribution >= 0.6 is 39.5 Å². The van der Waals surface area contributed by atoms with Crippen molar-refractivity contribution in [2.24, 2.45) is 0 Å². The fraction of sp³-hybridized carbons (Fsp3) is 0.211. The molecule has 1 saturated carbocycles. The molecule has 126 valence electrons. The molecule has 0 aliphatic heterocycles. The quantitative estimate of drug-likeness (QED) is 0.481. The predicted octanol–water partition coefficient (Wildman–Crippen LogP) is 6.46. The number of aromatic nitrogens is 1. The molecule has 1 heterocycles. The van der Waals surface area contributed by atoms with E-state index in [1.807, 2.05) is 24.3 Å². The maximum Gasteiger partial charge on any atom is 0.183 e. The Morgan fingerprint density at radius 1 is 1.20 bits per heavy atom. The van der Waals surface area contributed by atoms with E-state index >= 15 is 0 Å². The topological polar surface area (TPSA) is 38.1 Å². The third-order valence-corrected chi connectivity index (χ3v) is 6.85. The Morgan fingerprint density at radius 3 is 2.84 bits per heavy atom. The summed E-state index contributed by atoms with van der Waals surface area (Å²) in [5, 5.41) is 5.03. The predicted molar refractivity (Wildman–Crippen MR) is 105 cm³/mol. The van der Waals surface area contributed by atoms with Gasteiger partial charge >= 0.3 is 0 Å². The lowest BCUT2D eigenvalue weighted by Crippen LogP contribution is -2.17. The van der Waals surface area contributed by atoms with Crippen molar-refractivity contribution >= 4 is 45.3 Å². The van der Waals surface area contributed by atoms with Crippen LogP contribution in [0.5, 0.6) is 0 Å². The molecule has 0 unspecified atom stereocenters. The minimum Gasteiger partial charge on any atom is -0.354 e. The van der Waals surface area contributed by atoms with Crippen molar-refractivity contribution in [2.45, 2.75) is 29.6 Å². The number of halogens is 2. The van der Waals surface area contributed by atoms with E-state index in [0.717, 1.165) is 38.0 Å². The summed E-state index contributed by atoms with van der Waals surface area (Å²) in [6.45, 7) is 0. The minimum atomic E-state index is 0.264. The molecule has 1 aromatic heterocycles. The molecule has 1 fully saturated rings. The second kappa shape index (κ2) is 5.79. The number of rotatable bonds is 3. The number of hydrogen-bond donors (Lipinski definition) is 1. The number of fused-ring (bicyclic) bond motifs is 4. The summed E-state index contributed by atoms with van der Waals surface area (Å²) < 4.78 is 10.1. The summed E-state index contributed by atoms with van der Waals surface area (Å²) >= 11 is 11.3. The Morgan fingerprint density at radius 2 is 2.04 bits per heavy atom. The Kier molecular flexibility index (Phi) is 3.66. The monoisotopic (exact) mass is 432 g/mol. The first-order valence-corrected chi connectivity index (χ1v) is 10.1. The Bertz CT molecular complexity index is 983. The smallest absolute Gasteiger partial charge is 0.183 e. The van der Waals surface area contributed by atoms with Crippen LogP contribution in [0.25, 0.3) is 11.3 Å². The van der Waals surface area contributed by atoms with E-state index in [0.29, 0.717) is 0 Å². The molecule has 1 N–H and O–H groups in total. The van der Waals surface area contributed by atoms with Gasteiger partial charge in [-0.05, 0) is 61.0 Å². The van der Waals surface area contributed by atoms with Gasteiger partial charge in [-0.15, -0.1) is 0 Å². The van der Waals surface area contributed by atoms with Gasteiger partial charge < -0.3 is 9.25 Å². The van der Waals surface area contributed by atoms with Crippen molar-refractivity contribution in [1.82, 2.24) is 5.16 Å². The first-order chi connectivity index (χ1) is 12.2. The van der Waals surface area contributed by atoms with Crippen LogP contribution in [-0.2, 0) is 11.8 Å². The zero-order valence-corrected chi connectivity index (χ0v) is 16.3. The normalized spacial score (nSPS) is 16.4. The number of hydrogen-bond acceptors (Lipinski definition) is 4. The van der Waals surface area contributed by atoms with Crippen molar-refractivity contribution in [1.29, 1.82) is 0 Å². The van der Waals surface area contributed by atoms with Gasteiger partial charge in [-0.3, -0.25) is 0 Å². The molecular weight excluding hydrogens is 420 g/mol. The SMILES string of the molecule is Clc1ccccc1SNc1noc2c1CC1(CC1)c1ccc(Br)cc1-2. The van der Waals surface area contributed by atoms with Crippen LogP contribution in [0.3, 0.4) is 0 Å². The summed E-state index contributed by atoms with van der Waals surface area (Å²) in [4.78, 5) is 0.973. The zero-order valence-electron chi connectivity index (χ0n) is 13.2. The summed E-state index contributed by atoms with van der Waals surface area (Å²) in [6, 6.07) is 14.3. The minimum absolute atomic E-state index is 0.264. The molecule has 0 saturated heterocycles. The molecule has 0 radical (unpaired) electrons. The number of nitrogens with zero attached hydrogens (tertiary/aromatic N) is 1. The molecule has 0 atom stereocenters.